The van der Waals surface area contributed by atoms with E-state index in [0.29, 0.717) is 12.5 Å². The molecule has 2 amide bonds. The fourth-order valence-electron chi connectivity index (χ4n) is 3.56. The van der Waals surface area contributed by atoms with Gasteiger partial charge in [-0.25, -0.2) is 4.98 Å². The number of primary amides is 1. The first-order valence-corrected chi connectivity index (χ1v) is 17.7. The van der Waals surface area contributed by atoms with Gasteiger partial charge in [-0.1, -0.05) is 135 Å². The Morgan fingerprint density at radius 3 is 1.90 bits per heavy atom. The van der Waals surface area contributed by atoms with Gasteiger partial charge in [-0.2, -0.15) is 0 Å². The minimum absolute atomic E-state index is 0.0105. The Morgan fingerprint density at radius 1 is 0.929 bits per heavy atom. The lowest BCUT2D eigenvalue weighted by atomic mass is 9.87. The van der Waals surface area contributed by atoms with Crippen molar-refractivity contribution in [2.45, 2.75) is 166 Å². The molecule has 0 bridgehead atoms. The molecular formula is C35H72N4O2S. The number of hydrogen-bond donors (Lipinski definition) is 3. The number of thiazole rings is 1. The van der Waals surface area contributed by atoms with Crippen LogP contribution in [0, 0.1) is 0 Å². The van der Waals surface area contributed by atoms with Crippen LogP contribution in [-0.2, 0) is 16.0 Å². The summed E-state index contributed by atoms with van der Waals surface area (Å²) in [5, 5.41) is 4.22. The Balaban J connectivity index is -0.000000280. The molecule has 0 spiro atoms. The van der Waals surface area contributed by atoms with Crippen LogP contribution < -0.4 is 16.8 Å². The van der Waals surface area contributed by atoms with Gasteiger partial charge in [0.25, 0.3) is 0 Å². The molecule has 250 valence electrons. The number of hydrogen-bond acceptors (Lipinski definition) is 5. The molecule has 0 aliphatic heterocycles. The first-order chi connectivity index (χ1) is 20.2. The molecule has 0 saturated heterocycles. The molecule has 2 aromatic rings. The van der Waals surface area contributed by atoms with E-state index in [2.05, 4.69) is 70.8 Å². The van der Waals surface area contributed by atoms with Crippen LogP contribution in [0.25, 0.3) is 10.2 Å². The zero-order chi connectivity index (χ0) is 34.0. The topological polar surface area (TPSA) is 111 Å². The molecular weight excluding hydrogens is 540 g/mol. The lowest BCUT2D eigenvalue weighted by molar-refractivity contribution is -0.127. The van der Waals surface area contributed by atoms with Crippen LogP contribution in [0.1, 0.15) is 165 Å². The lowest BCUT2D eigenvalue weighted by Gasteiger charge is -2.28. The minimum Gasteiger partial charge on any atom is -0.372 e. The van der Waals surface area contributed by atoms with Crippen LogP contribution in [-0.4, -0.2) is 29.4 Å². The fraction of sp³-hybridized carbons (Fsp3) is 0.743. The normalized spacial score (nSPS) is 10.5. The van der Waals surface area contributed by atoms with Crippen molar-refractivity contribution in [2.24, 2.45) is 11.5 Å². The molecule has 1 unspecified atom stereocenters. The van der Waals surface area contributed by atoms with Crippen molar-refractivity contribution < 1.29 is 9.59 Å². The number of aromatic nitrogens is 1. The molecule has 1 heterocycles. The summed E-state index contributed by atoms with van der Waals surface area (Å²) in [6.07, 6.45) is 9.02. The van der Waals surface area contributed by atoms with E-state index in [1.807, 2.05) is 55.4 Å². The van der Waals surface area contributed by atoms with Crippen molar-refractivity contribution in [2.75, 3.05) is 6.54 Å². The monoisotopic (exact) mass is 613 g/mol. The number of nitrogens with one attached hydrogen (secondary N) is 1. The molecule has 0 fully saturated rings. The second kappa shape index (κ2) is 37.0. The summed E-state index contributed by atoms with van der Waals surface area (Å²) in [5.74, 6) is 0.540. The highest BCUT2D eigenvalue weighted by Gasteiger charge is 2.31. The quantitative estimate of drug-likeness (QED) is 0.163. The largest absolute Gasteiger partial charge is 0.372 e. The SMILES string of the molecule is CC.CC.CC.CC.CCC.CCCCCC(N)(CCC)C(=O)NCCCc1nc2ccc(C(C)C)cc2s1.NC=O. The van der Waals surface area contributed by atoms with Gasteiger partial charge in [0.2, 0.25) is 12.3 Å². The number of carbonyl (C=O) groups excluding carboxylic acids is 2. The van der Waals surface area contributed by atoms with Crippen LogP contribution in [0.15, 0.2) is 18.2 Å². The molecule has 1 aromatic carbocycles. The number of nitrogens with two attached hydrogens (primary N) is 2. The maximum absolute atomic E-state index is 12.7. The number of amides is 2. The number of nitrogens with zero attached hydrogens (tertiary/aromatic N) is 1. The highest BCUT2D eigenvalue weighted by atomic mass is 32.1. The van der Waals surface area contributed by atoms with Crippen LogP contribution in [0.5, 0.6) is 0 Å². The molecule has 1 aromatic heterocycles. The molecule has 0 aliphatic carbocycles. The highest BCUT2D eigenvalue weighted by Crippen LogP contribution is 2.27. The Labute approximate surface area is 266 Å². The van der Waals surface area contributed by atoms with Crippen LogP contribution >= 0.6 is 11.3 Å². The molecule has 7 heteroatoms. The second-order valence-corrected chi connectivity index (χ2v) is 10.2. The van der Waals surface area contributed by atoms with E-state index in [-0.39, 0.29) is 12.3 Å². The third-order valence-electron chi connectivity index (χ3n) is 5.35. The lowest BCUT2D eigenvalue weighted by Crippen LogP contribution is -2.54. The maximum Gasteiger partial charge on any atom is 0.240 e. The van der Waals surface area contributed by atoms with E-state index in [1.54, 1.807) is 11.3 Å². The molecule has 6 nitrogen and oxygen atoms in total. The van der Waals surface area contributed by atoms with E-state index in [1.165, 1.54) is 16.7 Å². The van der Waals surface area contributed by atoms with Crippen LogP contribution in [0.4, 0.5) is 0 Å². The zero-order valence-electron chi connectivity index (χ0n) is 30.3. The highest BCUT2D eigenvalue weighted by molar-refractivity contribution is 7.18. The average molecular weight is 613 g/mol. The summed E-state index contributed by atoms with van der Waals surface area (Å²) in [6.45, 7) is 29.6. The first-order valence-electron chi connectivity index (χ1n) is 16.8. The van der Waals surface area contributed by atoms with E-state index >= 15 is 0 Å². The Bertz CT molecular complexity index is 824. The molecule has 5 N–H and O–H groups in total. The van der Waals surface area contributed by atoms with Gasteiger partial charge in [-0.05, 0) is 42.9 Å². The molecule has 0 aliphatic rings. The third kappa shape index (κ3) is 24.6. The maximum atomic E-state index is 12.7. The summed E-state index contributed by atoms with van der Waals surface area (Å²) in [7, 11) is 0. The standard InChI is InChI=1S/C23H37N3OS.C3H8.4C2H6.CH3NO/c1-5-7-8-14-23(24,13-6-2)22(27)25-15-9-10-21-26-19-12-11-18(17(3)4)16-20(19)28-21;1-3-2;4*1-2;2-1-3/h11-12,16-17H,5-10,13-15,24H2,1-4H3,(H,25,27);3H2,1-2H3;4*1-2H3;1H,(H2,2,3). The Kier molecular flexibility index (Phi) is 43.8. The van der Waals surface area contributed by atoms with Crippen molar-refractivity contribution in [3.63, 3.8) is 0 Å². The summed E-state index contributed by atoms with van der Waals surface area (Å²) in [5.41, 5.74) is 12.3. The molecule has 0 saturated carbocycles. The van der Waals surface area contributed by atoms with E-state index in [9.17, 15) is 4.79 Å². The minimum atomic E-state index is -0.715. The van der Waals surface area contributed by atoms with Crippen molar-refractivity contribution in [1.29, 1.82) is 0 Å². The Morgan fingerprint density at radius 2 is 1.45 bits per heavy atom. The predicted octanol–water partition coefficient (Wildman–Crippen LogP) is 10.2. The van der Waals surface area contributed by atoms with Gasteiger partial charge in [0, 0.05) is 13.0 Å². The van der Waals surface area contributed by atoms with Crippen molar-refractivity contribution in [3.8, 4) is 0 Å². The van der Waals surface area contributed by atoms with Crippen LogP contribution in [0.2, 0.25) is 0 Å². The second-order valence-electron chi connectivity index (χ2n) is 9.06. The van der Waals surface area contributed by atoms with E-state index < -0.39 is 5.54 Å². The van der Waals surface area contributed by atoms with Gasteiger partial charge in [-0.3, -0.25) is 9.59 Å². The number of aryl methyl sites for hydroxylation is 1. The summed E-state index contributed by atoms with van der Waals surface area (Å²) >= 11 is 1.77. The summed E-state index contributed by atoms with van der Waals surface area (Å²) in [6, 6.07) is 6.55. The molecule has 2 rings (SSSR count). The predicted molar refractivity (Wildman–Crippen MR) is 193 cm³/mol. The van der Waals surface area contributed by atoms with Gasteiger partial charge in [0.15, 0.2) is 0 Å². The number of fused-ring (bicyclic) bond motifs is 1. The first kappa shape index (κ1) is 49.7. The number of unbranched alkanes of at least 4 members (excludes halogenated alkanes) is 2. The van der Waals surface area contributed by atoms with Gasteiger partial charge >= 0.3 is 0 Å². The van der Waals surface area contributed by atoms with Gasteiger partial charge in [0.1, 0.15) is 0 Å². The smallest absolute Gasteiger partial charge is 0.240 e. The average Bonchev–Trinajstić information content (AvgIpc) is 3.42. The van der Waals surface area contributed by atoms with Gasteiger partial charge in [-0.15, -0.1) is 11.3 Å². The number of rotatable bonds is 12. The van der Waals surface area contributed by atoms with Crippen molar-refractivity contribution in [1.82, 2.24) is 10.3 Å². The van der Waals surface area contributed by atoms with Crippen LogP contribution in [0.3, 0.4) is 0 Å². The molecule has 0 radical (unpaired) electrons. The molecule has 1 atom stereocenters. The van der Waals surface area contributed by atoms with E-state index in [4.69, 9.17) is 15.5 Å². The fourth-order valence-corrected chi connectivity index (χ4v) is 4.62. The summed E-state index contributed by atoms with van der Waals surface area (Å²) < 4.78 is 1.25. The van der Waals surface area contributed by atoms with Gasteiger partial charge in [0.05, 0.1) is 20.8 Å². The number of benzene rings is 1. The zero-order valence-corrected chi connectivity index (χ0v) is 31.1. The Hall–Kier alpha value is -1.99. The molecule has 42 heavy (non-hydrogen) atoms. The van der Waals surface area contributed by atoms with Gasteiger partial charge < -0.3 is 16.8 Å². The number of carbonyl (C=O) groups is 2. The summed E-state index contributed by atoms with van der Waals surface area (Å²) in [4.78, 5) is 26.0. The van der Waals surface area contributed by atoms with Crippen molar-refractivity contribution >= 4 is 33.9 Å². The third-order valence-corrected chi connectivity index (χ3v) is 6.43. The van der Waals surface area contributed by atoms with E-state index in [0.717, 1.165) is 61.9 Å². The van der Waals surface area contributed by atoms with Crippen molar-refractivity contribution in [3.05, 3.63) is 28.8 Å².